The van der Waals surface area contributed by atoms with Gasteiger partial charge in [-0.2, -0.15) is 0 Å². The van der Waals surface area contributed by atoms with Crippen molar-refractivity contribution >= 4 is 40.5 Å². The van der Waals surface area contributed by atoms with Crippen LogP contribution in [-0.2, 0) is 59.4 Å². The van der Waals surface area contributed by atoms with Crippen LogP contribution in [0.15, 0.2) is 66.4 Å². The lowest BCUT2D eigenvalue weighted by molar-refractivity contribution is -0.155. The van der Waals surface area contributed by atoms with E-state index in [1.807, 2.05) is 39.0 Å². The number of methoxy groups -OCH3 is 1. The monoisotopic (exact) mass is 987 g/mol. The molecule has 2 aromatic carbocycles. The third-order valence-electron chi connectivity index (χ3n) is 15.2. The lowest BCUT2D eigenvalue weighted by Crippen LogP contribution is -2.62. The van der Waals surface area contributed by atoms with E-state index in [0.717, 1.165) is 69.5 Å². The number of pyridine rings is 1. The van der Waals surface area contributed by atoms with Crippen LogP contribution in [0.5, 0.6) is 5.75 Å². The Morgan fingerprint density at radius 1 is 1.04 bits per heavy atom. The molecule has 2 aromatic heterocycles. The van der Waals surface area contributed by atoms with Crippen molar-refractivity contribution in [3.63, 3.8) is 0 Å². The summed E-state index contributed by atoms with van der Waals surface area (Å²) in [6.45, 7) is 15.0. The molecule has 0 unspecified atom stereocenters. The number of fused-ring (bicyclic) bond motifs is 6. The second-order valence-corrected chi connectivity index (χ2v) is 21.6. The van der Waals surface area contributed by atoms with E-state index in [2.05, 4.69) is 66.2 Å². The zero-order chi connectivity index (χ0) is 51.6. The maximum Gasteiger partial charge on any atom is 0.324 e. The predicted octanol–water partition coefficient (Wildman–Crippen LogP) is 6.26. The van der Waals surface area contributed by atoms with Crippen LogP contribution in [0.1, 0.15) is 90.5 Å². The predicted molar refractivity (Wildman–Crippen MR) is 276 cm³/mol. The number of cyclic esters (lactones) is 1. The van der Waals surface area contributed by atoms with E-state index >= 15 is 0 Å². The van der Waals surface area contributed by atoms with Crippen LogP contribution in [-0.4, -0.2) is 142 Å². The smallest absolute Gasteiger partial charge is 0.324 e. The Hall–Kier alpha value is -6.10. The molecule has 0 saturated carbocycles. The van der Waals surface area contributed by atoms with Crippen LogP contribution in [0.2, 0.25) is 0 Å². The molecule has 72 heavy (non-hydrogen) atoms. The van der Waals surface area contributed by atoms with Crippen molar-refractivity contribution in [1.29, 1.82) is 0 Å². The number of nitrogens with one attached hydrogen (secondary N) is 2. The Labute approximate surface area is 424 Å². The first-order valence-electron chi connectivity index (χ1n) is 25.8. The molecule has 4 aliphatic heterocycles. The van der Waals surface area contributed by atoms with E-state index in [4.69, 9.17) is 14.5 Å². The first kappa shape index (κ1) is 52.2. The number of carbonyl (C=O) groups excluding carboxylic acids is 5. The molecule has 3 N–H and O–H groups in total. The zero-order valence-electron chi connectivity index (χ0n) is 43.6. The Balaban J connectivity index is 1.12. The molecule has 3 fully saturated rings. The Morgan fingerprint density at radius 3 is 2.54 bits per heavy atom. The molecule has 0 aliphatic carbocycles. The number of nitrogens with zero attached hydrogens (tertiary/aromatic N) is 6. The van der Waals surface area contributed by atoms with Gasteiger partial charge in [0.05, 0.1) is 30.5 Å². The lowest BCUT2D eigenvalue weighted by Gasteiger charge is -2.37. The minimum Gasteiger partial charge on any atom is -0.508 e. The molecule has 4 aromatic rings. The van der Waals surface area contributed by atoms with Crippen molar-refractivity contribution < 1.29 is 38.6 Å². The van der Waals surface area contributed by atoms with Crippen molar-refractivity contribution in [3.05, 3.63) is 83.2 Å². The number of aromatic nitrogens is 2. The Bertz CT molecular complexity index is 2730. The van der Waals surface area contributed by atoms with Crippen molar-refractivity contribution in [2.45, 2.75) is 124 Å². The zero-order valence-corrected chi connectivity index (χ0v) is 43.6. The van der Waals surface area contributed by atoms with E-state index in [-0.39, 0.29) is 55.6 Å². The third-order valence-corrected chi connectivity index (χ3v) is 15.2. The van der Waals surface area contributed by atoms with E-state index in [0.29, 0.717) is 50.9 Å². The highest BCUT2D eigenvalue weighted by Crippen LogP contribution is 2.41. The minimum atomic E-state index is -1.17. The van der Waals surface area contributed by atoms with E-state index in [9.17, 15) is 29.1 Å². The molecule has 5 atom stereocenters. The summed E-state index contributed by atoms with van der Waals surface area (Å²) in [7, 11) is 5.34. The topological polar surface area (TPSA) is 179 Å². The molecule has 8 rings (SSSR count). The van der Waals surface area contributed by atoms with Crippen LogP contribution in [0.25, 0.3) is 33.3 Å². The van der Waals surface area contributed by atoms with Crippen LogP contribution in [0.4, 0.5) is 0 Å². The fourth-order valence-corrected chi connectivity index (χ4v) is 11.6. The molecule has 6 heterocycles. The van der Waals surface area contributed by atoms with Gasteiger partial charge in [0.2, 0.25) is 17.7 Å². The fourth-order valence-electron chi connectivity index (χ4n) is 11.6. The quantitative estimate of drug-likeness (QED) is 0.114. The number of esters is 1. The number of phenols is 1. The van der Waals surface area contributed by atoms with Crippen LogP contribution in [0.3, 0.4) is 0 Å². The summed E-state index contributed by atoms with van der Waals surface area (Å²) < 4.78 is 14.0. The van der Waals surface area contributed by atoms with Crippen molar-refractivity contribution in [3.8, 4) is 28.1 Å². The number of hydrogen-bond donors (Lipinski definition) is 3. The summed E-state index contributed by atoms with van der Waals surface area (Å²) in [5, 5.41) is 16.8. The largest absolute Gasteiger partial charge is 0.508 e. The molecule has 4 aliphatic rings. The van der Waals surface area contributed by atoms with Gasteiger partial charge in [0.25, 0.3) is 5.91 Å². The summed E-state index contributed by atoms with van der Waals surface area (Å²) >= 11 is 0. The van der Waals surface area contributed by atoms with Gasteiger partial charge in [0.1, 0.15) is 23.9 Å². The standard InChI is InChI=1S/C56H74N8O8/c1-10-63-48-18-17-37-29-42(48)43(51(63)41-14-11-20-57-46(41)32-71-9)30-56(5,6)33-72-55(70)44-15-12-22-64(59-44)54(69)45(27-36-25-39(37)28-40(65)26-36)58-52(67)50(34(2)3)61(8)53(68)38-19-23-62(31-38)49(66)24-35(4)47-16-13-21-60(47)7/h11,14,17-18,20,24-26,28-29,34,38,44-45,47,50,59,65H,10,12-13,15-16,19,21-23,27,30-33H2,1-9H3,(H,58,67)/t38-,44-,45-,47-,50-/m0/s1. The third kappa shape index (κ3) is 11.1. The molecular formula is C56H74N8O8. The number of ether oxygens (including phenoxy) is 2. The molecule has 6 bridgehead atoms. The molecular weight excluding hydrogens is 913 g/mol. The lowest BCUT2D eigenvalue weighted by atomic mass is 9.84. The number of rotatable bonds is 11. The van der Waals surface area contributed by atoms with Gasteiger partial charge in [-0.1, -0.05) is 45.4 Å². The number of likely N-dealkylation sites (tertiary alicyclic amines) is 2. The highest BCUT2D eigenvalue weighted by molar-refractivity contribution is 5.96. The highest BCUT2D eigenvalue weighted by Gasteiger charge is 2.40. The SMILES string of the molecule is CCn1c(-c2cccnc2COC)c2c3cc(ccc31)-c1cc(O)cc(c1)C[C@H](NC(=O)[C@H](C(C)C)N(C)C(=O)[C@H]1CCN(C(=O)C=C(C)[C@@H]3CCCN3C)C1)C(=O)N1CCC[C@H](N1)C(=O)OCC(C)(C)C2. The molecule has 0 spiro atoms. The highest BCUT2D eigenvalue weighted by atomic mass is 16.5. The summed E-state index contributed by atoms with van der Waals surface area (Å²) in [6, 6.07) is 12.8. The number of aryl methyl sites for hydroxylation is 1. The number of amides is 4. The van der Waals surface area contributed by atoms with Gasteiger partial charge in [-0.25, -0.2) is 5.43 Å². The number of carbonyl (C=O) groups is 5. The maximum absolute atomic E-state index is 14.8. The van der Waals surface area contributed by atoms with Gasteiger partial charge < -0.3 is 34.3 Å². The average Bonchev–Trinajstić information content (AvgIpc) is 4.10. The summed E-state index contributed by atoms with van der Waals surface area (Å²) in [4.78, 5) is 81.4. The van der Waals surface area contributed by atoms with Crippen molar-refractivity contribution in [1.82, 2.24) is 40.0 Å². The normalized spacial score (nSPS) is 22.5. The van der Waals surface area contributed by atoms with Gasteiger partial charge in [0.15, 0.2) is 0 Å². The van der Waals surface area contributed by atoms with Crippen molar-refractivity contribution in [2.75, 3.05) is 54.0 Å². The van der Waals surface area contributed by atoms with Gasteiger partial charge in [-0.3, -0.25) is 38.9 Å². The summed E-state index contributed by atoms with van der Waals surface area (Å²) in [5.41, 5.74) is 10.6. The van der Waals surface area contributed by atoms with Crippen LogP contribution in [0, 0.1) is 17.3 Å². The number of hydrogen-bond acceptors (Lipinski definition) is 11. The second-order valence-electron chi connectivity index (χ2n) is 21.6. The van der Waals surface area contributed by atoms with Gasteiger partial charge in [-0.15, -0.1) is 0 Å². The molecule has 4 amide bonds. The fraction of sp³-hybridized carbons (Fsp3) is 0.536. The molecule has 16 nitrogen and oxygen atoms in total. The van der Waals surface area contributed by atoms with Crippen LogP contribution >= 0.6 is 0 Å². The molecule has 16 heteroatoms. The van der Waals surface area contributed by atoms with Gasteiger partial charge in [0, 0.05) is 87.0 Å². The van der Waals surface area contributed by atoms with Gasteiger partial charge in [-0.05, 0) is 131 Å². The van der Waals surface area contributed by atoms with Crippen molar-refractivity contribution in [2.24, 2.45) is 17.3 Å². The molecule has 386 valence electrons. The summed E-state index contributed by atoms with van der Waals surface area (Å²) in [5.74, 6) is -2.67. The number of phenolic OH excluding ortho intramolecular Hbond substituents is 1. The Kier molecular flexibility index (Phi) is 15.9. The minimum absolute atomic E-state index is 0.00725. The number of hydrazine groups is 1. The van der Waals surface area contributed by atoms with Crippen LogP contribution < -0.4 is 10.7 Å². The molecule has 0 radical (unpaired) electrons. The number of aromatic hydroxyl groups is 1. The maximum atomic E-state index is 14.8. The number of benzene rings is 2. The first-order valence-corrected chi connectivity index (χ1v) is 25.8. The van der Waals surface area contributed by atoms with Gasteiger partial charge >= 0.3 is 5.97 Å². The summed E-state index contributed by atoms with van der Waals surface area (Å²) in [6.07, 6.45) is 7.54. The van der Waals surface area contributed by atoms with E-state index in [1.165, 1.54) is 9.91 Å². The molecule has 3 saturated heterocycles. The first-order chi connectivity index (χ1) is 34.4. The Morgan fingerprint density at radius 2 is 1.82 bits per heavy atom. The average molecular weight is 987 g/mol. The van der Waals surface area contributed by atoms with E-state index < -0.39 is 47.2 Å². The second kappa shape index (κ2) is 21.9. The number of likely N-dealkylation sites (N-methyl/N-ethyl adjacent to an activating group) is 2. The van der Waals surface area contributed by atoms with E-state index in [1.54, 1.807) is 43.5 Å².